The lowest BCUT2D eigenvalue weighted by Crippen LogP contribution is -2.23. The maximum Gasteiger partial charge on any atom is 0.417 e. The van der Waals surface area contributed by atoms with Gasteiger partial charge in [0.25, 0.3) is 5.56 Å². The summed E-state index contributed by atoms with van der Waals surface area (Å²) in [5.74, 6) is 0.677. The molecule has 5 rings (SSSR count). The largest absolute Gasteiger partial charge is 0.474 e. The van der Waals surface area contributed by atoms with Gasteiger partial charge in [0.05, 0.1) is 37.0 Å². The van der Waals surface area contributed by atoms with E-state index in [9.17, 15) is 23.2 Å². The first kappa shape index (κ1) is 26.4. The first-order valence-electron chi connectivity index (χ1n) is 11.5. The van der Waals surface area contributed by atoms with E-state index in [1.165, 1.54) is 41.8 Å². The fraction of sp³-hybridized carbons (Fsp3) is 0.250. The molecule has 0 aliphatic heterocycles. The van der Waals surface area contributed by atoms with E-state index in [4.69, 9.17) is 14.2 Å². The van der Waals surface area contributed by atoms with E-state index in [1.54, 1.807) is 13.3 Å². The zero-order valence-electron chi connectivity index (χ0n) is 21.2. The quantitative estimate of drug-likeness (QED) is 0.283. The van der Waals surface area contributed by atoms with Gasteiger partial charge in [0.15, 0.2) is 17.1 Å². The highest BCUT2D eigenvalue weighted by molar-refractivity contribution is 5.84. The van der Waals surface area contributed by atoms with E-state index in [1.807, 2.05) is 0 Å². The molecule has 0 atom stereocenters. The van der Waals surface area contributed by atoms with Crippen LogP contribution in [0.4, 0.5) is 24.8 Å². The summed E-state index contributed by atoms with van der Waals surface area (Å²) < 4.78 is 60.0. The molecular weight excluding hydrogens is 535 g/mol. The second kappa shape index (κ2) is 10.2. The van der Waals surface area contributed by atoms with Gasteiger partial charge in [-0.05, 0) is 6.07 Å². The maximum atomic E-state index is 13.3. The van der Waals surface area contributed by atoms with Crippen LogP contribution in [0.15, 0.2) is 41.8 Å². The topological polar surface area (TPSA) is 146 Å². The third-order valence-corrected chi connectivity index (χ3v) is 5.84. The highest BCUT2D eigenvalue weighted by Crippen LogP contribution is 2.34. The predicted molar refractivity (Wildman–Crippen MR) is 134 cm³/mol. The highest BCUT2D eigenvalue weighted by Gasteiger charge is 2.32. The van der Waals surface area contributed by atoms with Gasteiger partial charge in [0.1, 0.15) is 35.0 Å². The van der Waals surface area contributed by atoms with E-state index in [-0.39, 0.29) is 39.9 Å². The van der Waals surface area contributed by atoms with Crippen LogP contribution in [0.3, 0.4) is 0 Å². The normalized spacial score (nSPS) is 11.6. The van der Waals surface area contributed by atoms with Crippen LogP contribution in [0.25, 0.3) is 16.7 Å². The summed E-state index contributed by atoms with van der Waals surface area (Å²) >= 11 is 0. The van der Waals surface area contributed by atoms with Crippen molar-refractivity contribution in [2.75, 3.05) is 25.6 Å². The van der Waals surface area contributed by atoms with Gasteiger partial charge >= 0.3 is 6.18 Å². The molecule has 5 heterocycles. The number of pyridine rings is 2. The van der Waals surface area contributed by atoms with Crippen LogP contribution in [-0.2, 0) is 25.0 Å². The van der Waals surface area contributed by atoms with E-state index in [0.29, 0.717) is 36.9 Å². The van der Waals surface area contributed by atoms with Crippen molar-refractivity contribution < 1.29 is 27.4 Å². The average Bonchev–Trinajstić information content (AvgIpc) is 3.46. The molecule has 0 bridgehead atoms. The van der Waals surface area contributed by atoms with Crippen molar-refractivity contribution in [1.29, 1.82) is 5.26 Å². The summed E-state index contributed by atoms with van der Waals surface area (Å²) in [6, 6.07) is 2.76. The number of nitrogens with one attached hydrogen (secondary N) is 1. The number of halogens is 3. The van der Waals surface area contributed by atoms with Crippen molar-refractivity contribution in [2.24, 2.45) is 14.1 Å². The van der Waals surface area contributed by atoms with Gasteiger partial charge in [-0.2, -0.15) is 28.5 Å². The smallest absolute Gasteiger partial charge is 0.417 e. The summed E-state index contributed by atoms with van der Waals surface area (Å²) in [5, 5.41) is 16.8. The van der Waals surface area contributed by atoms with Crippen molar-refractivity contribution in [3.05, 3.63) is 58.5 Å². The molecule has 0 unspecified atom stereocenters. The lowest BCUT2D eigenvalue weighted by atomic mass is 10.2. The summed E-state index contributed by atoms with van der Waals surface area (Å²) in [6.45, 7) is 0.697. The van der Waals surface area contributed by atoms with Crippen LogP contribution in [-0.4, -0.2) is 54.0 Å². The Morgan fingerprint density at radius 3 is 2.62 bits per heavy atom. The zero-order chi connectivity index (χ0) is 28.6. The molecule has 0 aromatic carbocycles. The molecule has 5 aromatic heterocycles. The Kier molecular flexibility index (Phi) is 6.73. The molecule has 0 fully saturated rings. The number of methoxy groups -OCH3 is 1. The lowest BCUT2D eigenvalue weighted by molar-refractivity contribution is -0.138. The van der Waals surface area contributed by atoms with Crippen molar-refractivity contribution in [2.45, 2.75) is 6.18 Å². The summed E-state index contributed by atoms with van der Waals surface area (Å²) in [4.78, 5) is 25.2. The maximum absolute atomic E-state index is 13.3. The number of rotatable bonds is 8. The highest BCUT2D eigenvalue weighted by atomic mass is 19.4. The Bertz CT molecular complexity index is 1840. The van der Waals surface area contributed by atoms with Crippen molar-refractivity contribution in [3.8, 4) is 23.4 Å². The standard InChI is InChI=1S/C24H20F3N9O4/c1-34-11-13(24(25,26)27)6-15(22(34)37)32-23-33-21-20(35(23)2)14(7-28)17(9-30-21)40-18-10-31-36-12-19(29-8-16(18)36)39-5-4-38-3/h6,8-12H,4-5H2,1-3H3,(H,30,32,33). The third-order valence-electron chi connectivity index (χ3n) is 5.84. The number of fused-ring (bicyclic) bond motifs is 2. The number of nitriles is 1. The number of hydrogen-bond acceptors (Lipinski definition) is 10. The Morgan fingerprint density at radius 2 is 1.90 bits per heavy atom. The molecule has 0 spiro atoms. The summed E-state index contributed by atoms with van der Waals surface area (Å²) in [7, 11) is 4.29. The molecule has 1 N–H and O–H groups in total. The third kappa shape index (κ3) is 4.85. The van der Waals surface area contributed by atoms with E-state index < -0.39 is 17.3 Å². The number of hydrogen-bond donors (Lipinski definition) is 1. The molecule has 0 aliphatic carbocycles. The number of nitrogens with zero attached hydrogens (tertiary/aromatic N) is 8. The molecule has 13 nitrogen and oxygen atoms in total. The first-order valence-corrected chi connectivity index (χ1v) is 11.5. The Hall–Kier alpha value is -5.17. The van der Waals surface area contributed by atoms with Gasteiger partial charge < -0.3 is 28.7 Å². The first-order chi connectivity index (χ1) is 19.1. The summed E-state index contributed by atoms with van der Waals surface area (Å²) in [6.07, 6.45) is 1.81. The SMILES string of the molecule is COCCOc1cn2ncc(Oc3cnc4nc(Nc5cc(C(F)(F)F)cn(C)c5=O)n(C)c4c3C#N)c2cn1. The monoisotopic (exact) mass is 555 g/mol. The number of alkyl halides is 3. The number of aromatic nitrogens is 7. The van der Waals surface area contributed by atoms with Crippen LogP contribution in [0.2, 0.25) is 0 Å². The second-order valence-corrected chi connectivity index (χ2v) is 8.46. The van der Waals surface area contributed by atoms with Crippen molar-refractivity contribution >= 4 is 28.3 Å². The van der Waals surface area contributed by atoms with Crippen LogP contribution in [0, 0.1) is 11.3 Å². The second-order valence-electron chi connectivity index (χ2n) is 8.46. The molecule has 0 radical (unpaired) electrons. The molecule has 16 heteroatoms. The molecule has 5 aromatic rings. The average molecular weight is 555 g/mol. The van der Waals surface area contributed by atoms with Gasteiger partial charge in [-0.3, -0.25) is 4.79 Å². The molecule has 206 valence electrons. The minimum atomic E-state index is -4.66. The van der Waals surface area contributed by atoms with Crippen LogP contribution in [0.5, 0.6) is 17.4 Å². The Labute approximate surface area is 223 Å². The van der Waals surface area contributed by atoms with Crippen LogP contribution < -0.4 is 20.3 Å². The van der Waals surface area contributed by atoms with Gasteiger partial charge in [0.2, 0.25) is 11.8 Å². The Morgan fingerprint density at radius 1 is 1.10 bits per heavy atom. The number of aryl methyl sites for hydroxylation is 2. The lowest BCUT2D eigenvalue weighted by Gasteiger charge is -2.12. The fourth-order valence-corrected chi connectivity index (χ4v) is 3.87. The zero-order valence-corrected chi connectivity index (χ0v) is 21.2. The van der Waals surface area contributed by atoms with E-state index in [2.05, 4.69) is 31.4 Å². The number of ether oxygens (including phenoxy) is 3. The number of imidazole rings is 1. The van der Waals surface area contributed by atoms with E-state index >= 15 is 0 Å². The van der Waals surface area contributed by atoms with Gasteiger partial charge in [-0.1, -0.05) is 0 Å². The minimum Gasteiger partial charge on any atom is -0.474 e. The fourth-order valence-electron chi connectivity index (χ4n) is 3.87. The molecule has 0 amide bonds. The van der Waals surface area contributed by atoms with Crippen molar-refractivity contribution in [3.63, 3.8) is 0 Å². The molecule has 40 heavy (non-hydrogen) atoms. The van der Waals surface area contributed by atoms with Gasteiger partial charge in [-0.25, -0.2) is 14.5 Å². The van der Waals surface area contributed by atoms with Crippen molar-refractivity contribution in [1.82, 2.24) is 33.7 Å². The molecule has 0 saturated carbocycles. The van der Waals surface area contributed by atoms with Gasteiger partial charge in [-0.15, -0.1) is 0 Å². The predicted octanol–water partition coefficient (Wildman–Crippen LogP) is 3.16. The summed E-state index contributed by atoms with van der Waals surface area (Å²) in [5.41, 5.74) is -1.19. The Balaban J connectivity index is 1.49. The number of anilines is 2. The molecule has 0 aliphatic rings. The van der Waals surface area contributed by atoms with Crippen LogP contribution in [0.1, 0.15) is 11.1 Å². The van der Waals surface area contributed by atoms with Crippen LogP contribution >= 0.6 is 0 Å². The van der Waals surface area contributed by atoms with E-state index in [0.717, 1.165) is 4.57 Å². The molecular formula is C24H20F3N9O4. The van der Waals surface area contributed by atoms with Gasteiger partial charge in [0, 0.05) is 27.4 Å². The minimum absolute atomic E-state index is 0.00578. The molecule has 0 saturated heterocycles.